The number of nitrogens with zero attached hydrogens (tertiary/aromatic N) is 1. The van der Waals surface area contributed by atoms with Gasteiger partial charge < -0.3 is 15.0 Å². The molecule has 0 saturated heterocycles. The van der Waals surface area contributed by atoms with E-state index in [1.54, 1.807) is 0 Å². The maximum absolute atomic E-state index is 5.95. The zero-order chi connectivity index (χ0) is 13.4. The Labute approximate surface area is 113 Å². The van der Waals surface area contributed by atoms with E-state index in [2.05, 4.69) is 59.6 Å². The van der Waals surface area contributed by atoms with Crippen LogP contribution < -0.4 is 15.0 Å². The Balaban J connectivity index is 1.82. The summed E-state index contributed by atoms with van der Waals surface area (Å²) in [5, 5.41) is 3.39. The molecule has 19 heavy (non-hydrogen) atoms. The van der Waals surface area contributed by atoms with Gasteiger partial charge in [-0.2, -0.15) is 0 Å². The van der Waals surface area contributed by atoms with Crippen molar-refractivity contribution in [2.24, 2.45) is 0 Å². The van der Waals surface area contributed by atoms with Crippen LogP contribution in [-0.4, -0.2) is 14.1 Å². The van der Waals surface area contributed by atoms with E-state index in [4.69, 9.17) is 4.74 Å². The second-order valence-corrected chi connectivity index (χ2v) is 5.13. The van der Waals surface area contributed by atoms with E-state index < -0.39 is 0 Å². The number of benzene rings is 2. The molecular formula is C16H18N2O. The van der Waals surface area contributed by atoms with Crippen LogP contribution >= 0.6 is 0 Å². The zero-order valence-corrected chi connectivity index (χ0v) is 11.5. The number of hydrogen-bond donors (Lipinski definition) is 1. The molecule has 3 nitrogen and oxygen atoms in total. The minimum atomic E-state index is -0.0898. The smallest absolute Gasteiger partial charge is 0.196 e. The van der Waals surface area contributed by atoms with Crippen molar-refractivity contribution in [2.75, 3.05) is 24.3 Å². The summed E-state index contributed by atoms with van der Waals surface area (Å²) in [5.74, 6) is 0.932. The second kappa shape index (κ2) is 4.50. The maximum Gasteiger partial charge on any atom is 0.196 e. The predicted molar refractivity (Wildman–Crippen MR) is 78.9 cm³/mol. The lowest BCUT2D eigenvalue weighted by molar-refractivity contribution is 0.259. The minimum Gasteiger partial charge on any atom is -0.464 e. The Morgan fingerprint density at radius 2 is 1.79 bits per heavy atom. The average Bonchev–Trinajstić information content (AvgIpc) is 2.81. The molecule has 2 aromatic rings. The van der Waals surface area contributed by atoms with Gasteiger partial charge in [0.05, 0.1) is 5.69 Å². The van der Waals surface area contributed by atoms with Crippen LogP contribution in [0, 0.1) is 6.92 Å². The van der Waals surface area contributed by atoms with Gasteiger partial charge in [-0.15, -0.1) is 0 Å². The molecule has 98 valence electrons. The van der Waals surface area contributed by atoms with E-state index in [9.17, 15) is 0 Å². The first-order valence-corrected chi connectivity index (χ1v) is 6.44. The van der Waals surface area contributed by atoms with Crippen LogP contribution in [0.3, 0.4) is 0 Å². The molecule has 0 aliphatic carbocycles. The molecule has 0 aromatic heterocycles. The Morgan fingerprint density at radius 1 is 1.05 bits per heavy atom. The van der Waals surface area contributed by atoms with E-state index >= 15 is 0 Å². The van der Waals surface area contributed by atoms with Crippen molar-refractivity contribution in [3.05, 3.63) is 53.6 Å². The van der Waals surface area contributed by atoms with Gasteiger partial charge in [0.15, 0.2) is 6.23 Å². The predicted octanol–water partition coefficient (Wildman–Crippen LogP) is 3.56. The first-order valence-electron chi connectivity index (χ1n) is 6.44. The van der Waals surface area contributed by atoms with E-state index in [0.717, 1.165) is 17.0 Å². The van der Waals surface area contributed by atoms with Crippen molar-refractivity contribution in [3.8, 4) is 5.75 Å². The molecule has 0 bridgehead atoms. The van der Waals surface area contributed by atoms with Crippen LogP contribution in [0.4, 0.5) is 11.4 Å². The highest BCUT2D eigenvalue weighted by atomic mass is 16.5. The van der Waals surface area contributed by atoms with Gasteiger partial charge in [-0.3, -0.25) is 0 Å². The summed E-state index contributed by atoms with van der Waals surface area (Å²) in [6, 6.07) is 14.6. The van der Waals surface area contributed by atoms with Gasteiger partial charge in [-0.1, -0.05) is 18.2 Å². The fraction of sp³-hybridized carbons (Fsp3) is 0.250. The molecule has 3 heteroatoms. The summed E-state index contributed by atoms with van der Waals surface area (Å²) in [6.45, 7) is 2.07. The molecule has 0 amide bonds. The van der Waals surface area contributed by atoms with Crippen LogP contribution in [0.25, 0.3) is 0 Å². The molecule has 0 radical (unpaired) electrons. The highest BCUT2D eigenvalue weighted by molar-refractivity contribution is 5.62. The third-order valence-corrected chi connectivity index (χ3v) is 3.38. The normalized spacial score (nSPS) is 16.5. The Morgan fingerprint density at radius 3 is 2.47 bits per heavy atom. The quantitative estimate of drug-likeness (QED) is 0.886. The molecule has 3 rings (SSSR count). The second-order valence-electron chi connectivity index (χ2n) is 5.13. The number of nitrogens with one attached hydrogen (secondary N) is 1. The fourth-order valence-electron chi connectivity index (χ4n) is 2.24. The van der Waals surface area contributed by atoms with Crippen molar-refractivity contribution in [2.45, 2.75) is 13.2 Å². The monoisotopic (exact) mass is 254 g/mol. The van der Waals surface area contributed by atoms with Crippen molar-refractivity contribution in [1.29, 1.82) is 0 Å². The third-order valence-electron chi connectivity index (χ3n) is 3.38. The number of aryl methyl sites for hydroxylation is 1. The summed E-state index contributed by atoms with van der Waals surface area (Å²) in [5.41, 5.74) is 4.60. The van der Waals surface area contributed by atoms with Crippen LogP contribution in [0.2, 0.25) is 0 Å². The minimum absolute atomic E-state index is 0.0898. The summed E-state index contributed by atoms with van der Waals surface area (Å²) >= 11 is 0. The van der Waals surface area contributed by atoms with Crippen LogP contribution in [0.5, 0.6) is 5.75 Å². The standard InChI is InChI=1S/C16H18N2O/c1-11-4-9-14-15(10-11)19-16(17-14)12-5-7-13(8-6-12)18(2)3/h4-10,16-17H,1-3H3/t16-/m1/s1. The van der Waals surface area contributed by atoms with Gasteiger partial charge >= 0.3 is 0 Å². The van der Waals surface area contributed by atoms with Crippen molar-refractivity contribution in [3.63, 3.8) is 0 Å². The molecule has 2 aromatic carbocycles. The number of anilines is 2. The van der Waals surface area contributed by atoms with E-state index in [0.29, 0.717) is 0 Å². The number of ether oxygens (including phenoxy) is 1. The van der Waals surface area contributed by atoms with Crippen molar-refractivity contribution in [1.82, 2.24) is 0 Å². The molecule has 0 spiro atoms. The van der Waals surface area contributed by atoms with Gasteiger partial charge in [-0.25, -0.2) is 0 Å². The van der Waals surface area contributed by atoms with E-state index in [-0.39, 0.29) is 6.23 Å². The number of rotatable bonds is 2. The Kier molecular flexibility index (Phi) is 2.82. The lowest BCUT2D eigenvalue weighted by Gasteiger charge is -2.15. The summed E-state index contributed by atoms with van der Waals surface area (Å²) in [4.78, 5) is 2.09. The van der Waals surface area contributed by atoms with Gasteiger partial charge in [0, 0.05) is 25.3 Å². The highest BCUT2D eigenvalue weighted by Crippen LogP contribution is 2.38. The lowest BCUT2D eigenvalue weighted by Crippen LogP contribution is -2.11. The molecule has 0 unspecified atom stereocenters. The molecule has 0 saturated carbocycles. The molecule has 1 aliphatic rings. The molecule has 1 aliphatic heterocycles. The van der Waals surface area contributed by atoms with E-state index in [1.165, 1.54) is 11.3 Å². The van der Waals surface area contributed by atoms with Gasteiger partial charge in [0.1, 0.15) is 5.75 Å². The van der Waals surface area contributed by atoms with Crippen LogP contribution in [0.15, 0.2) is 42.5 Å². The third kappa shape index (κ3) is 2.24. The topological polar surface area (TPSA) is 24.5 Å². The molecule has 0 fully saturated rings. The largest absolute Gasteiger partial charge is 0.464 e. The summed E-state index contributed by atoms with van der Waals surface area (Å²) < 4.78 is 5.95. The van der Waals surface area contributed by atoms with Crippen LogP contribution in [-0.2, 0) is 0 Å². The van der Waals surface area contributed by atoms with Crippen molar-refractivity contribution < 1.29 is 4.74 Å². The average molecular weight is 254 g/mol. The summed E-state index contributed by atoms with van der Waals surface area (Å²) in [6.07, 6.45) is -0.0898. The molecule has 1 N–H and O–H groups in total. The van der Waals surface area contributed by atoms with Crippen molar-refractivity contribution >= 4 is 11.4 Å². The van der Waals surface area contributed by atoms with Gasteiger partial charge in [0.2, 0.25) is 0 Å². The SMILES string of the molecule is Cc1ccc2c(c1)O[C@H](c1ccc(N(C)C)cc1)N2. The fourth-order valence-corrected chi connectivity index (χ4v) is 2.24. The Bertz CT molecular complexity index is 590. The summed E-state index contributed by atoms with van der Waals surface area (Å²) in [7, 11) is 4.08. The lowest BCUT2D eigenvalue weighted by atomic mass is 10.1. The number of hydrogen-bond acceptors (Lipinski definition) is 3. The first-order chi connectivity index (χ1) is 9.13. The Hall–Kier alpha value is -2.16. The molecule has 1 heterocycles. The zero-order valence-electron chi connectivity index (χ0n) is 11.5. The van der Waals surface area contributed by atoms with Crippen LogP contribution in [0.1, 0.15) is 17.4 Å². The first kappa shape index (κ1) is 11.9. The maximum atomic E-state index is 5.95. The van der Waals surface area contributed by atoms with Gasteiger partial charge in [-0.05, 0) is 36.8 Å². The highest BCUT2D eigenvalue weighted by Gasteiger charge is 2.23. The van der Waals surface area contributed by atoms with E-state index in [1.807, 2.05) is 14.1 Å². The number of fused-ring (bicyclic) bond motifs is 1. The molecule has 1 atom stereocenters. The van der Waals surface area contributed by atoms with Gasteiger partial charge in [0.25, 0.3) is 0 Å². The molecular weight excluding hydrogens is 236 g/mol.